The molecule has 0 saturated heterocycles. The van der Waals surface area contributed by atoms with Crippen molar-refractivity contribution in [3.05, 3.63) is 47.0 Å². The maximum Gasteiger partial charge on any atom is 0.240 e. The van der Waals surface area contributed by atoms with Gasteiger partial charge in [-0.3, -0.25) is 0 Å². The van der Waals surface area contributed by atoms with E-state index in [1.54, 1.807) is 18.2 Å². The van der Waals surface area contributed by atoms with Gasteiger partial charge in [-0.05, 0) is 35.9 Å². The molecule has 0 amide bonds. The highest BCUT2D eigenvalue weighted by molar-refractivity contribution is 7.89. The van der Waals surface area contributed by atoms with Crippen LogP contribution in [-0.2, 0) is 10.0 Å². The summed E-state index contributed by atoms with van der Waals surface area (Å²) in [5.74, 6) is 1.32. The largest absolute Gasteiger partial charge is 0.495 e. The van der Waals surface area contributed by atoms with Gasteiger partial charge >= 0.3 is 0 Å². The normalized spacial score (nSPS) is 12.5. The number of aliphatic hydroxyl groups is 1. The molecule has 0 heterocycles. The monoisotopic (exact) mass is 401 g/mol. The number of ether oxygens (including phenoxy) is 3. The van der Waals surface area contributed by atoms with Crippen molar-refractivity contribution < 1.29 is 27.7 Å². The van der Waals surface area contributed by atoms with Crippen LogP contribution in [0, 0.1) is 0 Å². The number of hydrogen-bond donors (Lipinski definition) is 2. The fourth-order valence-corrected chi connectivity index (χ4v) is 3.65. The van der Waals surface area contributed by atoms with Gasteiger partial charge in [0.1, 0.15) is 5.75 Å². The molecule has 26 heavy (non-hydrogen) atoms. The lowest BCUT2D eigenvalue weighted by Gasteiger charge is -2.15. The highest BCUT2D eigenvalue weighted by Gasteiger charge is 2.19. The quantitative estimate of drug-likeness (QED) is 0.705. The maximum atomic E-state index is 12.4. The molecule has 0 saturated carbocycles. The van der Waals surface area contributed by atoms with Crippen LogP contribution < -0.4 is 18.9 Å². The van der Waals surface area contributed by atoms with Gasteiger partial charge in [-0.1, -0.05) is 17.7 Å². The van der Waals surface area contributed by atoms with Gasteiger partial charge in [-0.2, -0.15) is 0 Å². The fraction of sp³-hybridized carbons (Fsp3) is 0.294. The van der Waals surface area contributed by atoms with Crippen LogP contribution in [0.2, 0.25) is 5.02 Å². The Balaban J connectivity index is 2.13. The standard InChI is InChI=1S/C17H20ClNO6S/c1-23-15-7-5-12(9-13(15)18)26(21,22)19-10-14(20)11-4-6-16(24-2)17(8-11)25-3/h4-9,14,19-20H,10H2,1-3H3. The van der Waals surface area contributed by atoms with Crippen LogP contribution in [0.15, 0.2) is 41.3 Å². The molecule has 142 valence electrons. The van der Waals surface area contributed by atoms with Gasteiger partial charge in [0.25, 0.3) is 0 Å². The van der Waals surface area contributed by atoms with Crippen molar-refractivity contribution in [3.8, 4) is 17.2 Å². The van der Waals surface area contributed by atoms with E-state index < -0.39 is 16.1 Å². The van der Waals surface area contributed by atoms with Crippen LogP contribution in [-0.4, -0.2) is 41.4 Å². The van der Waals surface area contributed by atoms with E-state index in [0.29, 0.717) is 22.8 Å². The molecule has 1 atom stereocenters. The van der Waals surface area contributed by atoms with Crippen LogP contribution in [0.25, 0.3) is 0 Å². The summed E-state index contributed by atoms with van der Waals surface area (Å²) in [6, 6.07) is 8.96. The number of halogens is 1. The van der Waals surface area contributed by atoms with Gasteiger partial charge in [0, 0.05) is 6.54 Å². The van der Waals surface area contributed by atoms with Crippen LogP contribution >= 0.6 is 11.6 Å². The van der Waals surface area contributed by atoms with Gasteiger partial charge < -0.3 is 19.3 Å². The second-order valence-corrected chi connectivity index (χ2v) is 7.45. The number of sulfonamides is 1. The first-order valence-electron chi connectivity index (χ1n) is 7.55. The molecular weight excluding hydrogens is 382 g/mol. The predicted molar refractivity (Wildman–Crippen MR) is 97.7 cm³/mol. The molecule has 1 unspecified atom stereocenters. The third-order valence-electron chi connectivity index (χ3n) is 3.69. The van der Waals surface area contributed by atoms with Gasteiger partial charge in [0.2, 0.25) is 10.0 Å². The van der Waals surface area contributed by atoms with E-state index in [9.17, 15) is 13.5 Å². The van der Waals surface area contributed by atoms with Crippen molar-refractivity contribution in [2.75, 3.05) is 27.9 Å². The minimum absolute atomic E-state index is 0.0252. The van der Waals surface area contributed by atoms with Crippen molar-refractivity contribution >= 4 is 21.6 Å². The Bertz CT molecular complexity index is 872. The number of hydrogen-bond acceptors (Lipinski definition) is 6. The number of rotatable bonds is 8. The molecule has 9 heteroatoms. The van der Waals surface area contributed by atoms with E-state index in [-0.39, 0.29) is 16.5 Å². The SMILES string of the molecule is COc1ccc(S(=O)(=O)NCC(O)c2ccc(OC)c(OC)c2)cc1Cl. The third kappa shape index (κ3) is 4.59. The first-order chi connectivity index (χ1) is 12.3. The summed E-state index contributed by atoms with van der Waals surface area (Å²) < 4.78 is 42.4. The van der Waals surface area contributed by atoms with E-state index in [4.69, 9.17) is 25.8 Å². The van der Waals surface area contributed by atoms with Crippen LogP contribution in [0.3, 0.4) is 0 Å². The molecule has 2 aromatic carbocycles. The summed E-state index contributed by atoms with van der Waals surface area (Å²) in [6.07, 6.45) is -1.07. The molecule has 0 aliphatic carbocycles. The summed E-state index contributed by atoms with van der Waals surface area (Å²) in [5, 5.41) is 10.5. The van der Waals surface area contributed by atoms with E-state index in [0.717, 1.165) is 0 Å². The van der Waals surface area contributed by atoms with E-state index in [1.807, 2.05) is 0 Å². The topological polar surface area (TPSA) is 94.1 Å². The molecular formula is C17H20ClNO6S. The molecule has 0 aliphatic rings. The molecule has 0 radical (unpaired) electrons. The predicted octanol–water partition coefficient (Wildman–Crippen LogP) is 2.38. The first kappa shape index (κ1) is 20.3. The maximum absolute atomic E-state index is 12.4. The second-order valence-electron chi connectivity index (χ2n) is 5.28. The van der Waals surface area contributed by atoms with Crippen molar-refractivity contribution in [3.63, 3.8) is 0 Å². The Morgan fingerprint density at radius 2 is 1.62 bits per heavy atom. The minimum atomic E-state index is -3.85. The van der Waals surface area contributed by atoms with Crippen LogP contribution in [0.1, 0.15) is 11.7 Å². The average molecular weight is 402 g/mol. The van der Waals surface area contributed by atoms with E-state index in [2.05, 4.69) is 4.72 Å². The molecule has 0 spiro atoms. The molecule has 7 nitrogen and oxygen atoms in total. The fourth-order valence-electron chi connectivity index (χ4n) is 2.26. The molecule has 0 fully saturated rings. The first-order valence-corrected chi connectivity index (χ1v) is 9.41. The Labute approximate surface area is 157 Å². The zero-order chi connectivity index (χ0) is 19.3. The molecule has 2 N–H and O–H groups in total. The summed E-state index contributed by atoms with van der Waals surface area (Å²) in [7, 11) is 0.571. The highest BCUT2D eigenvalue weighted by Crippen LogP contribution is 2.30. The lowest BCUT2D eigenvalue weighted by Crippen LogP contribution is -2.28. The Morgan fingerprint density at radius 3 is 2.19 bits per heavy atom. The molecule has 0 bridgehead atoms. The zero-order valence-electron chi connectivity index (χ0n) is 14.5. The molecule has 2 rings (SSSR count). The highest BCUT2D eigenvalue weighted by atomic mass is 35.5. The van der Waals surface area contributed by atoms with E-state index >= 15 is 0 Å². The summed E-state index contributed by atoms with van der Waals surface area (Å²) in [4.78, 5) is -0.0252. The summed E-state index contributed by atoms with van der Waals surface area (Å²) >= 11 is 5.96. The Hall–Kier alpha value is -2.00. The summed E-state index contributed by atoms with van der Waals surface area (Å²) in [5.41, 5.74) is 0.484. The van der Waals surface area contributed by atoms with Gasteiger partial charge in [-0.15, -0.1) is 0 Å². The molecule has 0 aromatic heterocycles. The average Bonchev–Trinajstić information content (AvgIpc) is 2.65. The Kier molecular flexibility index (Phi) is 6.71. The lowest BCUT2D eigenvalue weighted by molar-refractivity contribution is 0.181. The van der Waals surface area contributed by atoms with Crippen molar-refractivity contribution in [2.24, 2.45) is 0 Å². The van der Waals surface area contributed by atoms with E-state index in [1.165, 1.54) is 39.5 Å². The Morgan fingerprint density at radius 1 is 1.00 bits per heavy atom. The zero-order valence-corrected chi connectivity index (χ0v) is 16.1. The summed E-state index contributed by atoms with van der Waals surface area (Å²) in [6.45, 7) is -0.221. The number of benzene rings is 2. The van der Waals surface area contributed by atoms with Crippen molar-refractivity contribution in [1.82, 2.24) is 4.72 Å². The van der Waals surface area contributed by atoms with Gasteiger partial charge in [-0.25, -0.2) is 13.1 Å². The van der Waals surface area contributed by atoms with Gasteiger partial charge in [0.05, 0.1) is 37.4 Å². The smallest absolute Gasteiger partial charge is 0.240 e. The number of nitrogens with one attached hydrogen (secondary N) is 1. The number of methoxy groups -OCH3 is 3. The second kappa shape index (κ2) is 8.59. The molecule has 0 aliphatic heterocycles. The van der Waals surface area contributed by atoms with Crippen LogP contribution in [0.5, 0.6) is 17.2 Å². The van der Waals surface area contributed by atoms with Crippen molar-refractivity contribution in [2.45, 2.75) is 11.0 Å². The lowest BCUT2D eigenvalue weighted by atomic mass is 10.1. The van der Waals surface area contributed by atoms with Crippen LogP contribution in [0.4, 0.5) is 0 Å². The van der Waals surface area contributed by atoms with Gasteiger partial charge in [0.15, 0.2) is 11.5 Å². The molecule has 2 aromatic rings. The third-order valence-corrected chi connectivity index (χ3v) is 5.41. The number of aliphatic hydroxyl groups excluding tert-OH is 1. The van der Waals surface area contributed by atoms with Crippen molar-refractivity contribution in [1.29, 1.82) is 0 Å². The minimum Gasteiger partial charge on any atom is -0.495 e.